The highest BCUT2D eigenvalue weighted by Crippen LogP contribution is 2.27. The number of nitrogens with two attached hydrogens (primary N) is 1. The Labute approximate surface area is 109 Å². The van der Waals surface area contributed by atoms with Gasteiger partial charge in [0.25, 0.3) is 0 Å². The van der Waals surface area contributed by atoms with E-state index in [1.54, 1.807) is 6.92 Å². The lowest BCUT2D eigenvalue weighted by Crippen LogP contribution is -2.49. The summed E-state index contributed by atoms with van der Waals surface area (Å²) in [5.74, 6) is -1.62. The van der Waals surface area contributed by atoms with Crippen molar-refractivity contribution in [3.63, 3.8) is 0 Å². The van der Waals surface area contributed by atoms with Crippen molar-refractivity contribution < 1.29 is 18.3 Å². The number of halogens is 2. The second-order valence-electron chi connectivity index (χ2n) is 4.96. The Morgan fingerprint density at radius 1 is 1.58 bits per heavy atom. The first-order valence-corrected chi connectivity index (χ1v) is 5.99. The molecular formula is C13H16F2N2O2. The van der Waals surface area contributed by atoms with E-state index < -0.39 is 17.0 Å². The van der Waals surface area contributed by atoms with Crippen LogP contribution in [0.3, 0.4) is 0 Å². The van der Waals surface area contributed by atoms with Gasteiger partial charge in [0, 0.05) is 24.2 Å². The molecular weight excluding hydrogens is 254 g/mol. The molecule has 0 aromatic heterocycles. The summed E-state index contributed by atoms with van der Waals surface area (Å²) in [6.45, 7) is 2.27. The average Bonchev–Trinajstić information content (AvgIpc) is 2.69. The van der Waals surface area contributed by atoms with Gasteiger partial charge in [0.15, 0.2) is 0 Å². The summed E-state index contributed by atoms with van der Waals surface area (Å²) in [4.78, 5) is 12.1. The number of nitrogens with one attached hydrogen (secondary N) is 1. The van der Waals surface area contributed by atoms with Gasteiger partial charge < -0.3 is 15.8 Å². The molecule has 0 radical (unpaired) electrons. The molecule has 19 heavy (non-hydrogen) atoms. The largest absolute Gasteiger partial charge is 0.379 e. The average molecular weight is 270 g/mol. The first-order chi connectivity index (χ1) is 8.93. The Bertz CT molecular complexity index is 496. The van der Waals surface area contributed by atoms with E-state index in [0.29, 0.717) is 6.61 Å². The number of carbonyl (C=O) groups excluding carboxylic acids is 1. The quantitative estimate of drug-likeness (QED) is 0.859. The van der Waals surface area contributed by atoms with Crippen LogP contribution in [0.4, 0.5) is 8.78 Å². The maximum atomic E-state index is 13.4. The standard InChI is InChI=1S/C13H16F2N2O2/c1-13(7-19-6-11(13)16)12(18)17-5-8-2-3-9(14)4-10(8)15/h2-4,11H,5-7,16H2,1H3,(H,17,18). The van der Waals surface area contributed by atoms with Crippen LogP contribution in [0.5, 0.6) is 0 Å². The van der Waals surface area contributed by atoms with E-state index in [2.05, 4.69) is 5.32 Å². The van der Waals surface area contributed by atoms with Crippen molar-refractivity contribution in [3.8, 4) is 0 Å². The molecule has 1 aliphatic rings. The molecule has 4 nitrogen and oxygen atoms in total. The van der Waals surface area contributed by atoms with Gasteiger partial charge >= 0.3 is 0 Å². The monoisotopic (exact) mass is 270 g/mol. The summed E-state index contributed by atoms with van der Waals surface area (Å²) in [5, 5.41) is 2.61. The van der Waals surface area contributed by atoms with Gasteiger partial charge in [0.05, 0.1) is 18.6 Å². The van der Waals surface area contributed by atoms with Gasteiger partial charge in [-0.3, -0.25) is 4.79 Å². The maximum absolute atomic E-state index is 13.4. The number of benzene rings is 1. The Morgan fingerprint density at radius 2 is 2.32 bits per heavy atom. The highest BCUT2D eigenvalue weighted by molar-refractivity contribution is 5.83. The number of carbonyl (C=O) groups is 1. The number of amides is 1. The Hall–Kier alpha value is -1.53. The highest BCUT2D eigenvalue weighted by atomic mass is 19.1. The lowest BCUT2D eigenvalue weighted by molar-refractivity contribution is -0.130. The normalized spacial score (nSPS) is 26.4. The number of ether oxygens (including phenoxy) is 1. The molecule has 3 N–H and O–H groups in total. The third kappa shape index (κ3) is 2.74. The molecule has 0 aliphatic carbocycles. The zero-order chi connectivity index (χ0) is 14.0. The summed E-state index contributed by atoms with van der Waals surface area (Å²) in [7, 11) is 0. The van der Waals surface area contributed by atoms with Crippen LogP contribution in [0.25, 0.3) is 0 Å². The van der Waals surface area contributed by atoms with Crippen molar-refractivity contribution in [2.24, 2.45) is 11.1 Å². The number of hydrogen-bond acceptors (Lipinski definition) is 3. The molecule has 1 aromatic carbocycles. The Morgan fingerprint density at radius 3 is 2.89 bits per heavy atom. The molecule has 2 atom stereocenters. The Balaban J connectivity index is 2.00. The van der Waals surface area contributed by atoms with Crippen molar-refractivity contribution in [1.82, 2.24) is 5.32 Å². The number of rotatable bonds is 3. The molecule has 0 bridgehead atoms. The minimum Gasteiger partial charge on any atom is -0.379 e. The molecule has 0 spiro atoms. The smallest absolute Gasteiger partial charge is 0.230 e. The fraction of sp³-hybridized carbons (Fsp3) is 0.462. The molecule has 1 aromatic rings. The van der Waals surface area contributed by atoms with Gasteiger partial charge in [0.1, 0.15) is 11.6 Å². The van der Waals surface area contributed by atoms with Gasteiger partial charge in [-0.05, 0) is 13.0 Å². The zero-order valence-electron chi connectivity index (χ0n) is 10.6. The molecule has 2 rings (SSSR count). The summed E-state index contributed by atoms with van der Waals surface area (Å²) >= 11 is 0. The van der Waals surface area contributed by atoms with E-state index in [0.717, 1.165) is 12.1 Å². The van der Waals surface area contributed by atoms with Crippen LogP contribution < -0.4 is 11.1 Å². The molecule has 1 amide bonds. The van der Waals surface area contributed by atoms with Gasteiger partial charge in [-0.25, -0.2) is 8.78 Å². The SMILES string of the molecule is CC1(C(=O)NCc2ccc(F)cc2F)COCC1N. The molecule has 2 unspecified atom stereocenters. The maximum Gasteiger partial charge on any atom is 0.230 e. The molecule has 1 fully saturated rings. The predicted molar refractivity (Wildman–Crippen MR) is 65.1 cm³/mol. The molecule has 1 heterocycles. The molecule has 1 saturated heterocycles. The first kappa shape index (κ1) is 13.9. The lowest BCUT2D eigenvalue weighted by atomic mass is 9.85. The van der Waals surface area contributed by atoms with Crippen LogP contribution in [-0.4, -0.2) is 25.2 Å². The van der Waals surface area contributed by atoms with Crippen LogP contribution >= 0.6 is 0 Å². The van der Waals surface area contributed by atoms with Crippen molar-refractivity contribution >= 4 is 5.91 Å². The highest BCUT2D eigenvalue weighted by Gasteiger charge is 2.44. The van der Waals surface area contributed by atoms with Gasteiger partial charge in [-0.1, -0.05) is 6.07 Å². The second-order valence-corrected chi connectivity index (χ2v) is 4.96. The van der Waals surface area contributed by atoms with Gasteiger partial charge in [0.2, 0.25) is 5.91 Å². The molecule has 1 aliphatic heterocycles. The van der Waals surface area contributed by atoms with E-state index in [4.69, 9.17) is 10.5 Å². The second kappa shape index (κ2) is 5.22. The van der Waals surface area contributed by atoms with E-state index in [-0.39, 0.29) is 30.7 Å². The summed E-state index contributed by atoms with van der Waals surface area (Å²) in [5.41, 5.74) is 5.24. The van der Waals surface area contributed by atoms with Crippen molar-refractivity contribution in [2.45, 2.75) is 19.5 Å². The van der Waals surface area contributed by atoms with Crippen molar-refractivity contribution in [1.29, 1.82) is 0 Å². The van der Waals surface area contributed by atoms with Crippen molar-refractivity contribution in [2.75, 3.05) is 13.2 Å². The van der Waals surface area contributed by atoms with Crippen LogP contribution in [0.15, 0.2) is 18.2 Å². The van der Waals surface area contributed by atoms with E-state index in [9.17, 15) is 13.6 Å². The molecule has 104 valence electrons. The summed E-state index contributed by atoms with van der Waals surface area (Å²) in [6.07, 6.45) is 0. The molecule has 6 heteroatoms. The fourth-order valence-corrected chi connectivity index (χ4v) is 1.97. The van der Waals surface area contributed by atoms with Crippen LogP contribution in [0.1, 0.15) is 12.5 Å². The minimum absolute atomic E-state index is 0.00669. The molecule has 0 saturated carbocycles. The number of hydrogen-bond donors (Lipinski definition) is 2. The van der Waals surface area contributed by atoms with E-state index in [1.807, 2.05) is 0 Å². The first-order valence-electron chi connectivity index (χ1n) is 5.99. The summed E-state index contributed by atoms with van der Waals surface area (Å²) < 4.78 is 31.3. The fourth-order valence-electron chi connectivity index (χ4n) is 1.97. The summed E-state index contributed by atoms with van der Waals surface area (Å²) in [6, 6.07) is 2.86. The Kier molecular flexibility index (Phi) is 3.82. The zero-order valence-corrected chi connectivity index (χ0v) is 10.6. The third-order valence-corrected chi connectivity index (χ3v) is 3.49. The van der Waals surface area contributed by atoms with Crippen molar-refractivity contribution in [3.05, 3.63) is 35.4 Å². The van der Waals surface area contributed by atoms with E-state index >= 15 is 0 Å². The van der Waals surface area contributed by atoms with Crippen LogP contribution in [0.2, 0.25) is 0 Å². The van der Waals surface area contributed by atoms with Gasteiger partial charge in [-0.15, -0.1) is 0 Å². The lowest BCUT2D eigenvalue weighted by Gasteiger charge is -2.25. The van der Waals surface area contributed by atoms with Crippen LogP contribution in [-0.2, 0) is 16.1 Å². The third-order valence-electron chi connectivity index (χ3n) is 3.49. The van der Waals surface area contributed by atoms with Crippen LogP contribution in [0, 0.1) is 17.0 Å². The minimum atomic E-state index is -0.809. The van der Waals surface area contributed by atoms with Gasteiger partial charge in [-0.2, -0.15) is 0 Å². The topological polar surface area (TPSA) is 64.3 Å². The van der Waals surface area contributed by atoms with E-state index in [1.165, 1.54) is 6.07 Å². The predicted octanol–water partition coefficient (Wildman–Crippen LogP) is 0.945.